The molecule has 14 atom stereocenters. The van der Waals surface area contributed by atoms with E-state index in [1.165, 1.54) is 0 Å². The number of ether oxygens (including phenoxy) is 2. The summed E-state index contributed by atoms with van der Waals surface area (Å²) in [5.41, 5.74) is -4.03. The Morgan fingerprint density at radius 2 is 1.61 bits per heavy atom. The van der Waals surface area contributed by atoms with E-state index in [1.54, 1.807) is 20.8 Å². The second-order valence-electron chi connectivity index (χ2n) is 12.9. The predicted molar refractivity (Wildman–Crippen MR) is 125 cm³/mol. The molecule has 10 nitrogen and oxygen atoms in total. The zero-order chi connectivity index (χ0) is 26.6. The maximum Gasteiger partial charge on any atom is 0.186 e. The minimum absolute atomic E-state index is 0.00580. The van der Waals surface area contributed by atoms with Crippen LogP contribution in [0.5, 0.6) is 0 Å². The van der Waals surface area contributed by atoms with Gasteiger partial charge in [0.15, 0.2) is 6.29 Å². The topological polar surface area (TPSA) is 180 Å². The van der Waals surface area contributed by atoms with Crippen molar-refractivity contribution in [1.82, 2.24) is 0 Å². The molecule has 5 fully saturated rings. The average molecular weight is 515 g/mol. The summed E-state index contributed by atoms with van der Waals surface area (Å²) in [4.78, 5) is 0. The SMILES string of the molecule is C=C1[C@@H]2CC[C@@H]3C[C@]2(C[C@@]3(C)O)[C@H](O)[C@@H](O)[C@@]2(O)[C@H]1C[C@H](O[C@@H]1O[C@H](CO)[C@@H](O)[C@H](O)[C@H]1O)C2(C)C. The fraction of sp³-hybridized carbons (Fsp3) is 0.923. The highest BCUT2D eigenvalue weighted by Crippen LogP contribution is 2.69. The normalized spacial score (nSPS) is 58.3. The van der Waals surface area contributed by atoms with E-state index >= 15 is 0 Å². The third-order valence-corrected chi connectivity index (χ3v) is 10.9. The van der Waals surface area contributed by atoms with Crippen molar-refractivity contribution in [2.45, 2.75) is 113 Å². The first-order valence-corrected chi connectivity index (χ1v) is 13.1. The van der Waals surface area contributed by atoms with Gasteiger partial charge in [0.05, 0.1) is 24.4 Å². The van der Waals surface area contributed by atoms with E-state index < -0.39 is 83.6 Å². The van der Waals surface area contributed by atoms with Gasteiger partial charge in [-0.3, -0.25) is 0 Å². The predicted octanol–water partition coefficient (Wildman–Crippen LogP) is -1.20. The summed E-state index contributed by atoms with van der Waals surface area (Å²) in [5.74, 6) is -0.835. The van der Waals surface area contributed by atoms with Crippen LogP contribution in [0.1, 0.15) is 52.9 Å². The van der Waals surface area contributed by atoms with Gasteiger partial charge >= 0.3 is 0 Å². The molecule has 5 aliphatic rings. The molecule has 0 amide bonds. The summed E-state index contributed by atoms with van der Waals surface area (Å²) in [6.45, 7) is 8.99. The Kier molecular flexibility index (Phi) is 6.30. The molecule has 0 radical (unpaired) electrons. The lowest BCUT2D eigenvalue weighted by atomic mass is 9.61. The molecular formula is C26H42O10. The van der Waals surface area contributed by atoms with Crippen LogP contribution in [0.25, 0.3) is 0 Å². The van der Waals surface area contributed by atoms with E-state index in [9.17, 15) is 40.9 Å². The van der Waals surface area contributed by atoms with E-state index in [2.05, 4.69) is 6.58 Å². The third kappa shape index (κ3) is 3.33. The molecule has 10 heteroatoms. The summed E-state index contributed by atoms with van der Waals surface area (Å²) >= 11 is 0. The van der Waals surface area contributed by atoms with Gasteiger partial charge in [-0.05, 0) is 50.9 Å². The van der Waals surface area contributed by atoms with Gasteiger partial charge in [0.1, 0.15) is 36.1 Å². The van der Waals surface area contributed by atoms with Crippen molar-refractivity contribution >= 4 is 0 Å². The molecule has 0 unspecified atom stereocenters. The van der Waals surface area contributed by atoms with E-state index in [0.717, 1.165) is 12.0 Å². The van der Waals surface area contributed by atoms with Gasteiger partial charge in [-0.1, -0.05) is 26.0 Å². The minimum Gasteiger partial charge on any atom is -0.394 e. The number of rotatable bonds is 3. The molecule has 206 valence electrons. The van der Waals surface area contributed by atoms with E-state index in [-0.39, 0.29) is 18.3 Å². The average Bonchev–Trinajstić information content (AvgIpc) is 3.14. The Hall–Kier alpha value is -0.660. The maximum absolute atomic E-state index is 12.2. The second-order valence-corrected chi connectivity index (χ2v) is 12.9. The molecule has 1 heterocycles. The van der Waals surface area contributed by atoms with Gasteiger partial charge < -0.3 is 50.3 Å². The first-order chi connectivity index (χ1) is 16.6. The number of aliphatic hydroxyl groups is 8. The van der Waals surface area contributed by atoms with E-state index in [4.69, 9.17) is 9.47 Å². The number of hydrogen-bond acceptors (Lipinski definition) is 10. The molecule has 5 rings (SSSR count). The first kappa shape index (κ1) is 26.9. The van der Waals surface area contributed by atoms with Gasteiger partial charge in [0, 0.05) is 16.7 Å². The molecule has 8 N–H and O–H groups in total. The summed E-state index contributed by atoms with van der Waals surface area (Å²) in [7, 11) is 0. The molecular weight excluding hydrogens is 472 g/mol. The Morgan fingerprint density at radius 1 is 0.944 bits per heavy atom. The Balaban J connectivity index is 1.48. The van der Waals surface area contributed by atoms with Gasteiger partial charge in [-0.2, -0.15) is 0 Å². The van der Waals surface area contributed by atoms with Crippen molar-refractivity contribution in [3.63, 3.8) is 0 Å². The van der Waals surface area contributed by atoms with Crippen LogP contribution in [0.2, 0.25) is 0 Å². The molecule has 1 aliphatic heterocycles. The molecule has 4 aliphatic carbocycles. The Morgan fingerprint density at radius 3 is 2.25 bits per heavy atom. The van der Waals surface area contributed by atoms with Gasteiger partial charge in [-0.15, -0.1) is 0 Å². The smallest absolute Gasteiger partial charge is 0.186 e. The van der Waals surface area contributed by atoms with Crippen molar-refractivity contribution in [1.29, 1.82) is 0 Å². The van der Waals surface area contributed by atoms with Crippen LogP contribution in [0, 0.1) is 28.6 Å². The lowest BCUT2D eigenvalue weighted by Gasteiger charge is -2.49. The molecule has 0 aromatic heterocycles. The van der Waals surface area contributed by atoms with Crippen LogP contribution in [-0.2, 0) is 9.47 Å². The highest BCUT2D eigenvalue weighted by atomic mass is 16.7. The van der Waals surface area contributed by atoms with Gasteiger partial charge in [0.2, 0.25) is 0 Å². The lowest BCUT2D eigenvalue weighted by Crippen LogP contribution is -2.63. The van der Waals surface area contributed by atoms with Crippen LogP contribution >= 0.6 is 0 Å². The fourth-order valence-corrected chi connectivity index (χ4v) is 8.66. The number of aliphatic hydroxyl groups excluding tert-OH is 6. The summed E-state index contributed by atoms with van der Waals surface area (Å²) < 4.78 is 11.6. The van der Waals surface area contributed by atoms with Crippen LogP contribution in [0.4, 0.5) is 0 Å². The number of fused-ring (bicyclic) bond motifs is 2. The molecule has 1 saturated heterocycles. The summed E-state index contributed by atoms with van der Waals surface area (Å²) in [5, 5.41) is 86.9. The fourth-order valence-electron chi connectivity index (χ4n) is 8.66. The van der Waals surface area contributed by atoms with Crippen molar-refractivity contribution in [3.05, 3.63) is 12.2 Å². The molecule has 36 heavy (non-hydrogen) atoms. The van der Waals surface area contributed by atoms with Crippen LogP contribution in [0.15, 0.2) is 12.2 Å². The maximum atomic E-state index is 12.2. The van der Waals surface area contributed by atoms with Crippen molar-refractivity contribution in [2.24, 2.45) is 28.6 Å². The molecule has 0 aromatic carbocycles. The number of hydrogen-bond donors (Lipinski definition) is 8. The summed E-state index contributed by atoms with van der Waals surface area (Å²) in [6.07, 6.45) is -8.35. The van der Waals surface area contributed by atoms with E-state index in [1.807, 2.05) is 0 Å². The zero-order valence-electron chi connectivity index (χ0n) is 21.2. The van der Waals surface area contributed by atoms with Crippen molar-refractivity contribution in [2.75, 3.05) is 6.61 Å². The highest BCUT2D eigenvalue weighted by molar-refractivity contribution is 5.32. The largest absolute Gasteiger partial charge is 0.394 e. The summed E-state index contributed by atoms with van der Waals surface area (Å²) in [6, 6.07) is 0. The zero-order valence-corrected chi connectivity index (χ0v) is 21.2. The van der Waals surface area contributed by atoms with Crippen molar-refractivity contribution in [3.8, 4) is 0 Å². The molecule has 0 aromatic rings. The Bertz CT molecular complexity index is 890. The van der Waals surface area contributed by atoms with Crippen LogP contribution < -0.4 is 0 Å². The lowest BCUT2D eigenvalue weighted by molar-refractivity contribution is -0.321. The monoisotopic (exact) mass is 514 g/mol. The van der Waals surface area contributed by atoms with Crippen LogP contribution in [-0.4, -0.2) is 108 Å². The molecule has 2 bridgehead atoms. The Labute approximate surface area is 211 Å². The van der Waals surface area contributed by atoms with Crippen molar-refractivity contribution < 1.29 is 50.3 Å². The minimum atomic E-state index is -1.83. The molecule has 4 saturated carbocycles. The quantitative estimate of drug-likeness (QED) is 0.213. The second kappa shape index (κ2) is 8.42. The standard InChI is InChI=1S/C26H42O10/c1-11-13-6-5-12-8-25(13,10-24(12,4)33)20(31)21(32)26(34)14(11)7-16(23(26,2)3)36-22-19(30)18(29)17(28)15(9-27)35-22/h12-22,27-34H,1,5-10H2,2-4H3/t12-,13+,14+,15-,16+,17-,18+,19-,20-,21-,22+,24-,25-,26+/m1/s1. The van der Waals surface area contributed by atoms with Gasteiger partial charge in [0.25, 0.3) is 0 Å². The van der Waals surface area contributed by atoms with Gasteiger partial charge in [-0.25, -0.2) is 0 Å². The van der Waals surface area contributed by atoms with Crippen LogP contribution in [0.3, 0.4) is 0 Å². The first-order valence-electron chi connectivity index (χ1n) is 13.1. The molecule has 1 spiro atoms. The third-order valence-electron chi connectivity index (χ3n) is 10.9. The van der Waals surface area contributed by atoms with E-state index in [0.29, 0.717) is 19.3 Å². The highest BCUT2D eigenvalue weighted by Gasteiger charge is 2.73.